The fourth-order valence-corrected chi connectivity index (χ4v) is 2.42. The molecule has 0 saturated carbocycles. The summed E-state index contributed by atoms with van der Waals surface area (Å²) < 4.78 is 11.0. The lowest BCUT2D eigenvalue weighted by molar-refractivity contribution is -0.0576. The zero-order chi connectivity index (χ0) is 15.3. The summed E-state index contributed by atoms with van der Waals surface area (Å²) in [6.45, 7) is 6.68. The first-order valence-corrected chi connectivity index (χ1v) is 7.62. The number of nitrogens with zero attached hydrogens (tertiary/aromatic N) is 3. The summed E-state index contributed by atoms with van der Waals surface area (Å²) >= 11 is 0. The van der Waals surface area contributed by atoms with Crippen LogP contribution in [0.5, 0.6) is 0 Å². The molecule has 0 aliphatic carbocycles. The van der Waals surface area contributed by atoms with Crippen molar-refractivity contribution >= 4 is 6.01 Å². The van der Waals surface area contributed by atoms with Gasteiger partial charge in [-0.15, -0.1) is 5.10 Å². The van der Waals surface area contributed by atoms with Crippen LogP contribution in [0, 0.1) is 0 Å². The van der Waals surface area contributed by atoms with E-state index in [9.17, 15) is 5.11 Å². The maximum absolute atomic E-state index is 10.5. The van der Waals surface area contributed by atoms with Crippen LogP contribution in [0.1, 0.15) is 45.0 Å². The molecule has 1 unspecified atom stereocenters. The Bertz CT molecular complexity index is 432. The van der Waals surface area contributed by atoms with Crippen LogP contribution in [0.3, 0.4) is 0 Å². The van der Waals surface area contributed by atoms with Crippen LogP contribution in [0.25, 0.3) is 0 Å². The smallest absolute Gasteiger partial charge is 0.318 e. The molecule has 1 aliphatic heterocycles. The van der Waals surface area contributed by atoms with Gasteiger partial charge in [-0.25, -0.2) is 0 Å². The Balaban J connectivity index is 1.93. The Morgan fingerprint density at radius 2 is 2.10 bits per heavy atom. The minimum absolute atomic E-state index is 0.0331. The molecular formula is C14H26N4O3. The SMILES string of the molecule is CCCNC(C)c1nnc(N(C)CC2(O)CCOCC2)o1. The number of nitrogens with one attached hydrogen (secondary N) is 1. The van der Waals surface area contributed by atoms with Crippen LogP contribution in [0.2, 0.25) is 0 Å². The summed E-state index contributed by atoms with van der Waals surface area (Å²) in [7, 11) is 1.86. The van der Waals surface area contributed by atoms with Gasteiger partial charge in [-0.2, -0.15) is 0 Å². The van der Waals surface area contributed by atoms with Gasteiger partial charge in [0, 0.05) is 33.1 Å². The normalized spacial score (nSPS) is 19.4. The molecule has 1 aromatic heterocycles. The van der Waals surface area contributed by atoms with Gasteiger partial charge in [0.2, 0.25) is 5.89 Å². The van der Waals surface area contributed by atoms with Crippen molar-refractivity contribution in [1.82, 2.24) is 15.5 Å². The Labute approximate surface area is 125 Å². The van der Waals surface area contributed by atoms with Crippen molar-refractivity contribution in [3.63, 3.8) is 0 Å². The molecule has 1 aliphatic rings. The molecule has 1 atom stereocenters. The lowest BCUT2D eigenvalue weighted by Crippen LogP contribution is -2.45. The first-order chi connectivity index (χ1) is 10.0. The highest BCUT2D eigenvalue weighted by molar-refractivity contribution is 5.23. The predicted molar refractivity (Wildman–Crippen MR) is 79.3 cm³/mol. The van der Waals surface area contributed by atoms with Gasteiger partial charge in [0.1, 0.15) is 0 Å². The Kier molecular flexibility index (Phi) is 5.55. The van der Waals surface area contributed by atoms with E-state index in [0.29, 0.717) is 44.5 Å². The van der Waals surface area contributed by atoms with E-state index in [0.717, 1.165) is 13.0 Å². The third-order valence-corrected chi connectivity index (χ3v) is 3.78. The molecule has 0 radical (unpaired) electrons. The standard InChI is InChI=1S/C14H26N4O3/c1-4-7-15-11(2)12-16-17-13(21-12)18(3)10-14(19)5-8-20-9-6-14/h11,15,19H,4-10H2,1-3H3. The summed E-state index contributed by atoms with van der Waals surface area (Å²) in [6, 6.07) is 0.473. The molecule has 0 amide bonds. The van der Waals surface area contributed by atoms with Gasteiger partial charge in [-0.05, 0) is 19.9 Å². The van der Waals surface area contributed by atoms with Crippen LogP contribution in [0.15, 0.2) is 4.42 Å². The van der Waals surface area contributed by atoms with E-state index >= 15 is 0 Å². The van der Waals surface area contributed by atoms with E-state index in [-0.39, 0.29) is 6.04 Å². The fourth-order valence-electron chi connectivity index (χ4n) is 2.42. The van der Waals surface area contributed by atoms with Gasteiger partial charge < -0.3 is 24.5 Å². The number of rotatable bonds is 7. The van der Waals surface area contributed by atoms with Crippen molar-refractivity contribution < 1.29 is 14.3 Å². The largest absolute Gasteiger partial charge is 0.406 e. The highest BCUT2D eigenvalue weighted by atomic mass is 16.5. The van der Waals surface area contributed by atoms with E-state index in [4.69, 9.17) is 9.15 Å². The second-order valence-electron chi connectivity index (χ2n) is 5.79. The van der Waals surface area contributed by atoms with Crippen molar-refractivity contribution in [2.75, 3.05) is 38.3 Å². The van der Waals surface area contributed by atoms with E-state index in [1.165, 1.54) is 0 Å². The average Bonchev–Trinajstić information content (AvgIpc) is 2.95. The molecule has 7 nitrogen and oxygen atoms in total. The predicted octanol–water partition coefficient (Wildman–Crippen LogP) is 1.11. The highest BCUT2D eigenvalue weighted by Crippen LogP contribution is 2.24. The number of likely N-dealkylation sites (N-methyl/N-ethyl adjacent to an activating group) is 1. The van der Waals surface area contributed by atoms with Gasteiger partial charge in [0.05, 0.1) is 18.2 Å². The molecule has 2 heterocycles. The number of ether oxygens (including phenoxy) is 1. The lowest BCUT2D eigenvalue weighted by atomic mass is 9.94. The number of aromatic nitrogens is 2. The van der Waals surface area contributed by atoms with Gasteiger partial charge in [-0.1, -0.05) is 12.0 Å². The van der Waals surface area contributed by atoms with E-state index in [2.05, 4.69) is 22.4 Å². The quantitative estimate of drug-likeness (QED) is 0.780. The first-order valence-electron chi connectivity index (χ1n) is 7.62. The van der Waals surface area contributed by atoms with Crippen molar-refractivity contribution in [1.29, 1.82) is 0 Å². The molecule has 1 fully saturated rings. The van der Waals surface area contributed by atoms with Crippen molar-refractivity contribution in [2.24, 2.45) is 0 Å². The third-order valence-electron chi connectivity index (χ3n) is 3.78. The van der Waals surface area contributed by atoms with Crippen LogP contribution < -0.4 is 10.2 Å². The fraction of sp³-hybridized carbons (Fsp3) is 0.857. The van der Waals surface area contributed by atoms with Crippen molar-refractivity contribution in [3.8, 4) is 0 Å². The Morgan fingerprint density at radius 1 is 1.38 bits per heavy atom. The molecule has 1 aromatic rings. The lowest BCUT2D eigenvalue weighted by Gasteiger charge is -2.34. The zero-order valence-electron chi connectivity index (χ0n) is 13.1. The number of hydrogen-bond acceptors (Lipinski definition) is 7. The van der Waals surface area contributed by atoms with Gasteiger partial charge >= 0.3 is 6.01 Å². The molecule has 2 N–H and O–H groups in total. The summed E-state index contributed by atoms with van der Waals surface area (Å²) in [5, 5.41) is 22.0. The maximum Gasteiger partial charge on any atom is 0.318 e. The highest BCUT2D eigenvalue weighted by Gasteiger charge is 2.32. The van der Waals surface area contributed by atoms with Crippen molar-refractivity contribution in [2.45, 2.75) is 44.8 Å². The first kappa shape index (κ1) is 16.2. The van der Waals surface area contributed by atoms with Gasteiger partial charge in [-0.3, -0.25) is 0 Å². The molecule has 0 aromatic carbocycles. The zero-order valence-corrected chi connectivity index (χ0v) is 13.1. The second kappa shape index (κ2) is 7.20. The summed E-state index contributed by atoms with van der Waals surface area (Å²) in [5.74, 6) is 0.573. The molecular weight excluding hydrogens is 272 g/mol. The van der Waals surface area contributed by atoms with E-state index < -0.39 is 5.60 Å². The minimum atomic E-state index is -0.742. The third kappa shape index (κ3) is 4.39. The van der Waals surface area contributed by atoms with Crippen LogP contribution >= 0.6 is 0 Å². The molecule has 0 bridgehead atoms. The topological polar surface area (TPSA) is 83.7 Å². The molecule has 21 heavy (non-hydrogen) atoms. The Morgan fingerprint density at radius 3 is 2.76 bits per heavy atom. The summed E-state index contributed by atoms with van der Waals surface area (Å²) in [5.41, 5.74) is -0.742. The minimum Gasteiger partial charge on any atom is -0.406 e. The summed E-state index contributed by atoms with van der Waals surface area (Å²) in [6.07, 6.45) is 2.32. The molecule has 120 valence electrons. The van der Waals surface area contributed by atoms with Crippen LogP contribution in [-0.4, -0.2) is 54.3 Å². The maximum atomic E-state index is 10.5. The van der Waals surface area contributed by atoms with Gasteiger partial charge in [0.25, 0.3) is 0 Å². The summed E-state index contributed by atoms with van der Waals surface area (Å²) in [4.78, 5) is 1.81. The molecule has 1 saturated heterocycles. The Hall–Kier alpha value is -1.18. The van der Waals surface area contributed by atoms with E-state index in [1.807, 2.05) is 18.9 Å². The number of aliphatic hydroxyl groups is 1. The molecule has 7 heteroatoms. The molecule has 2 rings (SSSR count). The second-order valence-corrected chi connectivity index (χ2v) is 5.79. The number of anilines is 1. The average molecular weight is 298 g/mol. The van der Waals surface area contributed by atoms with E-state index in [1.54, 1.807) is 0 Å². The van der Waals surface area contributed by atoms with Crippen molar-refractivity contribution in [3.05, 3.63) is 5.89 Å². The number of hydrogen-bond donors (Lipinski definition) is 2. The monoisotopic (exact) mass is 298 g/mol. The van der Waals surface area contributed by atoms with Crippen LogP contribution in [-0.2, 0) is 4.74 Å². The molecule has 0 spiro atoms. The van der Waals surface area contributed by atoms with Gasteiger partial charge in [0.15, 0.2) is 0 Å². The van der Waals surface area contributed by atoms with Crippen LogP contribution in [0.4, 0.5) is 6.01 Å².